The van der Waals surface area contributed by atoms with Gasteiger partial charge in [0.1, 0.15) is 11.6 Å². The summed E-state index contributed by atoms with van der Waals surface area (Å²) in [5.74, 6) is 0.0835. The van der Waals surface area contributed by atoms with Crippen molar-refractivity contribution in [1.29, 1.82) is 5.26 Å². The normalized spacial score (nSPS) is 15.6. The molecule has 4 heteroatoms. The zero-order valence-corrected chi connectivity index (χ0v) is 13.2. The van der Waals surface area contributed by atoms with E-state index in [-0.39, 0.29) is 11.5 Å². The Morgan fingerprint density at radius 3 is 2.45 bits per heavy atom. The van der Waals surface area contributed by atoms with Crippen LogP contribution < -0.4 is 10.6 Å². The third-order valence-electron chi connectivity index (χ3n) is 4.02. The summed E-state index contributed by atoms with van der Waals surface area (Å²) in [7, 11) is 0. The Hall–Kier alpha value is -2.28. The first-order chi connectivity index (χ1) is 10.6. The van der Waals surface area contributed by atoms with Gasteiger partial charge in [0, 0.05) is 17.9 Å². The van der Waals surface area contributed by atoms with E-state index in [4.69, 9.17) is 5.26 Å². The lowest BCUT2D eigenvalue weighted by molar-refractivity contribution is -0.112. The predicted molar refractivity (Wildman–Crippen MR) is 88.2 cm³/mol. The highest BCUT2D eigenvalue weighted by Crippen LogP contribution is 2.19. The van der Waals surface area contributed by atoms with Crippen molar-refractivity contribution in [2.75, 3.05) is 5.32 Å². The van der Waals surface area contributed by atoms with Gasteiger partial charge in [0.2, 0.25) is 0 Å². The van der Waals surface area contributed by atoms with Gasteiger partial charge in [-0.15, -0.1) is 0 Å². The van der Waals surface area contributed by atoms with Gasteiger partial charge in [-0.25, -0.2) is 0 Å². The highest BCUT2D eigenvalue weighted by atomic mass is 16.1. The molecule has 4 nitrogen and oxygen atoms in total. The largest absolute Gasteiger partial charge is 0.387 e. The lowest BCUT2D eigenvalue weighted by Gasteiger charge is -2.10. The third-order valence-corrected chi connectivity index (χ3v) is 4.02. The molecule has 0 aliphatic heterocycles. The van der Waals surface area contributed by atoms with E-state index in [2.05, 4.69) is 24.5 Å². The van der Waals surface area contributed by atoms with Crippen molar-refractivity contribution in [2.24, 2.45) is 0 Å². The summed E-state index contributed by atoms with van der Waals surface area (Å²) in [6.45, 7) is 4.25. The van der Waals surface area contributed by atoms with Crippen molar-refractivity contribution >= 4 is 11.6 Å². The zero-order valence-electron chi connectivity index (χ0n) is 13.2. The lowest BCUT2D eigenvalue weighted by atomic mass is 10.0. The van der Waals surface area contributed by atoms with Crippen LogP contribution in [0.25, 0.3) is 0 Å². The topological polar surface area (TPSA) is 64.9 Å². The van der Waals surface area contributed by atoms with E-state index in [1.807, 2.05) is 30.3 Å². The SMILES string of the molecule is CC(C)c1ccc(NC(=O)/C(C#N)=C\NC2CCCC2)cc1. The number of hydrogen-bond donors (Lipinski definition) is 2. The number of amides is 1. The average molecular weight is 297 g/mol. The molecule has 1 amide bonds. The molecule has 1 saturated carbocycles. The smallest absolute Gasteiger partial charge is 0.267 e. The Labute approximate surface area is 132 Å². The van der Waals surface area contributed by atoms with Crippen LogP contribution in [0.5, 0.6) is 0 Å². The van der Waals surface area contributed by atoms with Crippen LogP contribution in [0.15, 0.2) is 36.0 Å². The first-order valence-electron chi connectivity index (χ1n) is 7.87. The van der Waals surface area contributed by atoms with Crippen molar-refractivity contribution in [2.45, 2.75) is 51.5 Å². The fraction of sp³-hybridized carbons (Fsp3) is 0.444. The molecule has 1 aliphatic rings. The molecule has 0 atom stereocenters. The van der Waals surface area contributed by atoms with Crippen LogP contribution >= 0.6 is 0 Å². The fourth-order valence-corrected chi connectivity index (χ4v) is 2.59. The molecule has 0 saturated heterocycles. The van der Waals surface area contributed by atoms with Gasteiger partial charge in [-0.3, -0.25) is 4.79 Å². The molecule has 2 rings (SSSR count). The van der Waals surface area contributed by atoms with E-state index in [0.29, 0.717) is 17.6 Å². The maximum atomic E-state index is 12.1. The standard InChI is InChI=1S/C18H23N3O/c1-13(2)14-7-9-17(10-8-14)21-18(22)15(11-19)12-20-16-5-3-4-6-16/h7-10,12-13,16,20H,3-6H2,1-2H3,(H,21,22)/b15-12-. The summed E-state index contributed by atoms with van der Waals surface area (Å²) in [6.07, 6.45) is 6.18. The molecule has 1 aromatic rings. The van der Waals surface area contributed by atoms with Gasteiger partial charge in [-0.1, -0.05) is 38.8 Å². The van der Waals surface area contributed by atoms with Crippen molar-refractivity contribution < 1.29 is 4.79 Å². The Morgan fingerprint density at radius 2 is 1.91 bits per heavy atom. The summed E-state index contributed by atoms with van der Waals surface area (Å²) in [5, 5.41) is 15.1. The van der Waals surface area contributed by atoms with Crippen LogP contribution in [0.4, 0.5) is 5.69 Å². The van der Waals surface area contributed by atoms with E-state index >= 15 is 0 Å². The summed E-state index contributed by atoms with van der Waals surface area (Å²) in [6, 6.07) is 10.1. The molecule has 1 aliphatic carbocycles. The Bertz CT molecular complexity index is 575. The molecule has 0 aromatic heterocycles. The fourth-order valence-electron chi connectivity index (χ4n) is 2.59. The molecule has 0 unspecified atom stereocenters. The highest BCUT2D eigenvalue weighted by molar-refractivity contribution is 6.06. The van der Waals surface area contributed by atoms with E-state index in [1.54, 1.807) is 6.20 Å². The summed E-state index contributed by atoms with van der Waals surface area (Å²) < 4.78 is 0. The second-order valence-corrected chi connectivity index (χ2v) is 6.05. The lowest BCUT2D eigenvalue weighted by Crippen LogP contribution is -2.23. The number of carbonyl (C=O) groups is 1. The van der Waals surface area contributed by atoms with Gasteiger partial charge in [-0.2, -0.15) is 5.26 Å². The van der Waals surface area contributed by atoms with Gasteiger partial charge in [-0.05, 0) is 36.5 Å². The third kappa shape index (κ3) is 4.36. The van der Waals surface area contributed by atoms with Crippen LogP contribution in [0.3, 0.4) is 0 Å². The maximum absolute atomic E-state index is 12.1. The van der Waals surface area contributed by atoms with Gasteiger partial charge in [0.05, 0.1) is 0 Å². The number of carbonyl (C=O) groups excluding carboxylic acids is 1. The van der Waals surface area contributed by atoms with Crippen molar-refractivity contribution in [3.63, 3.8) is 0 Å². The number of hydrogen-bond acceptors (Lipinski definition) is 3. The van der Waals surface area contributed by atoms with Crippen LogP contribution in [-0.2, 0) is 4.79 Å². The number of nitrogens with one attached hydrogen (secondary N) is 2. The summed E-state index contributed by atoms with van der Waals surface area (Å²) in [5.41, 5.74) is 2.04. The number of nitriles is 1. The van der Waals surface area contributed by atoms with Gasteiger partial charge in [0.25, 0.3) is 5.91 Å². The average Bonchev–Trinajstić information content (AvgIpc) is 3.01. The molecule has 0 heterocycles. The molecule has 1 fully saturated rings. The van der Waals surface area contributed by atoms with E-state index in [0.717, 1.165) is 12.8 Å². The zero-order chi connectivity index (χ0) is 15.9. The minimum absolute atomic E-state index is 0.111. The van der Waals surface area contributed by atoms with Crippen LogP contribution in [0.2, 0.25) is 0 Å². The van der Waals surface area contributed by atoms with Gasteiger partial charge < -0.3 is 10.6 Å². The summed E-state index contributed by atoms with van der Waals surface area (Å²) >= 11 is 0. The number of benzene rings is 1. The van der Waals surface area contributed by atoms with Gasteiger partial charge in [0.15, 0.2) is 0 Å². The van der Waals surface area contributed by atoms with Crippen molar-refractivity contribution in [3.05, 3.63) is 41.6 Å². The molecule has 2 N–H and O–H groups in total. The summed E-state index contributed by atoms with van der Waals surface area (Å²) in [4.78, 5) is 12.1. The number of rotatable bonds is 5. The van der Waals surface area contributed by atoms with E-state index < -0.39 is 0 Å². The van der Waals surface area contributed by atoms with Crippen LogP contribution in [0, 0.1) is 11.3 Å². The number of nitrogens with zero attached hydrogens (tertiary/aromatic N) is 1. The monoisotopic (exact) mass is 297 g/mol. The van der Waals surface area contributed by atoms with E-state index in [9.17, 15) is 4.79 Å². The van der Waals surface area contributed by atoms with E-state index in [1.165, 1.54) is 18.4 Å². The number of anilines is 1. The molecular weight excluding hydrogens is 274 g/mol. The van der Waals surface area contributed by atoms with Crippen molar-refractivity contribution in [1.82, 2.24) is 5.32 Å². The highest BCUT2D eigenvalue weighted by Gasteiger charge is 2.15. The molecule has 116 valence electrons. The Balaban J connectivity index is 1.96. The Morgan fingerprint density at radius 1 is 1.27 bits per heavy atom. The minimum Gasteiger partial charge on any atom is -0.387 e. The molecule has 0 bridgehead atoms. The molecule has 1 aromatic carbocycles. The Kier molecular flexibility index (Phi) is 5.60. The molecular formula is C18H23N3O. The molecule has 0 spiro atoms. The van der Waals surface area contributed by atoms with Crippen LogP contribution in [-0.4, -0.2) is 11.9 Å². The first-order valence-corrected chi connectivity index (χ1v) is 7.87. The maximum Gasteiger partial charge on any atom is 0.267 e. The first kappa shape index (κ1) is 16.1. The quantitative estimate of drug-likeness (QED) is 0.643. The van der Waals surface area contributed by atoms with Gasteiger partial charge >= 0.3 is 0 Å². The predicted octanol–water partition coefficient (Wildman–Crippen LogP) is 3.69. The second kappa shape index (κ2) is 7.65. The van der Waals surface area contributed by atoms with Crippen LogP contribution in [0.1, 0.15) is 51.0 Å². The molecule has 0 radical (unpaired) electrons. The second-order valence-electron chi connectivity index (χ2n) is 6.05. The molecule has 22 heavy (non-hydrogen) atoms. The van der Waals surface area contributed by atoms with Crippen molar-refractivity contribution in [3.8, 4) is 6.07 Å². The minimum atomic E-state index is -0.370.